The van der Waals surface area contributed by atoms with E-state index in [-0.39, 0.29) is 0 Å². The Bertz CT molecular complexity index is 174. The Morgan fingerprint density at radius 1 is 1.21 bits per heavy atom. The van der Waals surface area contributed by atoms with E-state index in [0.29, 0.717) is 12.5 Å². The molecule has 0 amide bonds. The van der Waals surface area contributed by atoms with Gasteiger partial charge in [0.25, 0.3) is 0 Å². The van der Waals surface area contributed by atoms with E-state index in [0.717, 1.165) is 39.3 Å². The minimum absolute atomic E-state index is 0.547. The Morgan fingerprint density at radius 2 is 1.79 bits per heavy atom. The second-order valence-corrected chi connectivity index (χ2v) is 3.59. The minimum atomic E-state index is 0.547. The highest BCUT2D eigenvalue weighted by Gasteiger charge is 2.14. The molecule has 0 aliphatic carbocycles. The van der Waals surface area contributed by atoms with Crippen LogP contribution < -0.4 is 16.8 Å². The average molecular weight is 199 g/mol. The third-order valence-electron chi connectivity index (χ3n) is 2.50. The number of nitrogens with one attached hydrogen (secondary N) is 1. The second-order valence-electron chi connectivity index (χ2n) is 3.59. The predicted molar refractivity (Wildman–Crippen MR) is 58.4 cm³/mol. The van der Waals surface area contributed by atoms with Crippen LogP contribution in [0, 0.1) is 0 Å². The third kappa shape index (κ3) is 3.95. The van der Waals surface area contributed by atoms with Gasteiger partial charge in [0.15, 0.2) is 0 Å². The fourth-order valence-electron chi connectivity index (χ4n) is 1.57. The molecule has 1 rings (SSSR count). The molecule has 0 aromatic carbocycles. The van der Waals surface area contributed by atoms with Gasteiger partial charge in [0, 0.05) is 45.9 Å². The van der Waals surface area contributed by atoms with Gasteiger partial charge < -0.3 is 16.8 Å². The first-order valence-corrected chi connectivity index (χ1v) is 5.05. The highest BCUT2D eigenvalue weighted by molar-refractivity contribution is 4.82. The molecule has 1 saturated heterocycles. The van der Waals surface area contributed by atoms with Crippen molar-refractivity contribution in [3.05, 3.63) is 12.4 Å². The lowest BCUT2D eigenvalue weighted by molar-refractivity contribution is 0.136. The van der Waals surface area contributed by atoms with E-state index in [1.54, 1.807) is 0 Å². The summed E-state index contributed by atoms with van der Waals surface area (Å²) >= 11 is 0. The zero-order valence-corrected chi connectivity index (χ0v) is 8.71. The average Bonchev–Trinajstić information content (AvgIpc) is 2.18. The summed E-state index contributed by atoms with van der Waals surface area (Å²) in [6.45, 7) is 10.5. The van der Waals surface area contributed by atoms with Crippen LogP contribution in [0.25, 0.3) is 0 Å². The summed E-state index contributed by atoms with van der Waals surface area (Å²) in [6.07, 6.45) is 0. The van der Waals surface area contributed by atoms with Gasteiger partial charge in [0.2, 0.25) is 0 Å². The summed E-state index contributed by atoms with van der Waals surface area (Å²) in [5.74, 6) is 0.547. The van der Waals surface area contributed by atoms with Crippen LogP contribution in [0.5, 0.6) is 0 Å². The van der Waals surface area contributed by atoms with Crippen molar-refractivity contribution in [1.82, 2.24) is 15.1 Å². The molecule has 1 aliphatic rings. The molecule has 14 heavy (non-hydrogen) atoms. The maximum absolute atomic E-state index is 5.56. The first kappa shape index (κ1) is 11.3. The molecule has 1 heterocycles. The fraction of sp³-hybridized carbons (Fsp3) is 0.778. The maximum Gasteiger partial charge on any atom is 0.0886 e. The first-order valence-electron chi connectivity index (χ1n) is 5.05. The highest BCUT2D eigenvalue weighted by atomic mass is 15.3. The first-order chi connectivity index (χ1) is 6.72. The molecule has 1 fully saturated rings. The Kier molecular flexibility index (Phi) is 4.72. The van der Waals surface area contributed by atoms with E-state index in [9.17, 15) is 0 Å². The maximum atomic E-state index is 5.56. The van der Waals surface area contributed by atoms with Crippen LogP contribution in [0.4, 0.5) is 0 Å². The Labute approximate surface area is 85.7 Å². The Morgan fingerprint density at radius 3 is 2.29 bits per heavy atom. The number of hydrogen-bond acceptors (Lipinski definition) is 5. The van der Waals surface area contributed by atoms with Crippen molar-refractivity contribution in [3.8, 4) is 0 Å². The molecule has 0 bridgehead atoms. The van der Waals surface area contributed by atoms with Gasteiger partial charge in [-0.05, 0) is 0 Å². The second kappa shape index (κ2) is 5.85. The van der Waals surface area contributed by atoms with Crippen molar-refractivity contribution in [2.24, 2.45) is 11.5 Å². The summed E-state index contributed by atoms with van der Waals surface area (Å²) < 4.78 is 0. The molecule has 5 nitrogen and oxygen atoms in total. The van der Waals surface area contributed by atoms with Crippen LogP contribution in [0.15, 0.2) is 12.4 Å². The van der Waals surface area contributed by atoms with Crippen LogP contribution in [0.1, 0.15) is 0 Å². The van der Waals surface area contributed by atoms with E-state index in [4.69, 9.17) is 11.5 Å². The molecule has 0 unspecified atom stereocenters. The third-order valence-corrected chi connectivity index (χ3v) is 2.50. The van der Waals surface area contributed by atoms with E-state index in [1.807, 2.05) is 0 Å². The van der Waals surface area contributed by atoms with Crippen LogP contribution in [0.2, 0.25) is 0 Å². The van der Waals surface area contributed by atoms with Gasteiger partial charge in [-0.15, -0.1) is 0 Å². The molecule has 0 spiro atoms. The lowest BCUT2D eigenvalue weighted by atomic mass is 10.3. The molecule has 0 radical (unpaired) electrons. The van der Waals surface area contributed by atoms with Crippen molar-refractivity contribution >= 4 is 0 Å². The summed E-state index contributed by atoms with van der Waals surface area (Å²) in [7, 11) is 0. The summed E-state index contributed by atoms with van der Waals surface area (Å²) in [5, 5.41) is 3.02. The molecule has 5 heteroatoms. The van der Waals surface area contributed by atoms with Crippen LogP contribution in [0.3, 0.4) is 0 Å². The van der Waals surface area contributed by atoms with Gasteiger partial charge >= 0.3 is 0 Å². The van der Waals surface area contributed by atoms with Gasteiger partial charge in [-0.1, -0.05) is 6.58 Å². The van der Waals surface area contributed by atoms with Gasteiger partial charge in [-0.2, -0.15) is 0 Å². The van der Waals surface area contributed by atoms with E-state index >= 15 is 0 Å². The van der Waals surface area contributed by atoms with E-state index < -0.39 is 0 Å². The minimum Gasteiger partial charge on any atom is -0.386 e. The lowest BCUT2D eigenvalue weighted by Crippen LogP contribution is -2.49. The highest BCUT2D eigenvalue weighted by Crippen LogP contribution is 1.98. The Balaban J connectivity index is 2.07. The van der Waals surface area contributed by atoms with Crippen molar-refractivity contribution < 1.29 is 0 Å². The van der Waals surface area contributed by atoms with Gasteiger partial charge in [-0.3, -0.25) is 9.80 Å². The largest absolute Gasteiger partial charge is 0.386 e. The van der Waals surface area contributed by atoms with Crippen molar-refractivity contribution in [1.29, 1.82) is 0 Å². The molecule has 0 saturated carbocycles. The molecule has 0 aromatic rings. The smallest absolute Gasteiger partial charge is 0.0886 e. The van der Waals surface area contributed by atoms with E-state index in [2.05, 4.69) is 21.7 Å². The number of hydrogen-bond donors (Lipinski definition) is 3. The van der Waals surface area contributed by atoms with Crippen molar-refractivity contribution in [2.45, 2.75) is 0 Å². The van der Waals surface area contributed by atoms with Crippen LogP contribution in [-0.4, -0.2) is 55.7 Å². The number of nitrogens with zero attached hydrogens (tertiary/aromatic N) is 2. The summed E-state index contributed by atoms with van der Waals surface area (Å²) in [6, 6.07) is 0. The molecule has 0 atom stereocenters. The zero-order chi connectivity index (χ0) is 10.4. The predicted octanol–water partition coefficient (Wildman–Crippen LogP) is -1.46. The van der Waals surface area contributed by atoms with Crippen LogP contribution in [-0.2, 0) is 0 Å². The lowest BCUT2D eigenvalue weighted by Gasteiger charge is -2.33. The molecule has 5 N–H and O–H groups in total. The van der Waals surface area contributed by atoms with Gasteiger partial charge in [0.1, 0.15) is 0 Å². The normalized spacial score (nSPS) is 19.5. The van der Waals surface area contributed by atoms with Crippen molar-refractivity contribution in [3.63, 3.8) is 0 Å². The van der Waals surface area contributed by atoms with Gasteiger partial charge in [0.05, 0.1) is 5.82 Å². The quantitative estimate of drug-likeness (QED) is 0.505. The summed E-state index contributed by atoms with van der Waals surface area (Å²) in [4.78, 5) is 4.66. The monoisotopic (exact) mass is 199 g/mol. The number of nitrogens with two attached hydrogens (primary N) is 2. The van der Waals surface area contributed by atoms with Gasteiger partial charge in [-0.25, -0.2) is 0 Å². The molecular weight excluding hydrogens is 178 g/mol. The zero-order valence-electron chi connectivity index (χ0n) is 8.71. The molecule has 1 aliphatic heterocycles. The SMILES string of the molecule is C=C(N)NCCN1CCN(CN)CC1. The number of rotatable bonds is 5. The summed E-state index contributed by atoms with van der Waals surface area (Å²) in [5.41, 5.74) is 11.0. The Hall–Kier alpha value is -0.780. The fourth-order valence-corrected chi connectivity index (χ4v) is 1.57. The standard InChI is InChI=1S/C9H21N5/c1-9(11)12-2-3-13-4-6-14(8-10)7-5-13/h12H,1-8,10-11H2. The van der Waals surface area contributed by atoms with Crippen molar-refractivity contribution in [2.75, 3.05) is 45.9 Å². The topological polar surface area (TPSA) is 70.5 Å². The molecule has 82 valence electrons. The molecule has 0 aromatic heterocycles. The van der Waals surface area contributed by atoms with E-state index in [1.165, 1.54) is 0 Å². The van der Waals surface area contributed by atoms with Crippen LogP contribution >= 0.6 is 0 Å². The molecular formula is C9H21N5. The number of piperazine rings is 1.